The average Bonchev–Trinajstić information content (AvgIpc) is 2.96. The van der Waals surface area contributed by atoms with Crippen molar-refractivity contribution in [2.45, 2.75) is 10.6 Å². The number of hydrogen-bond donors (Lipinski definition) is 1. The van der Waals surface area contributed by atoms with E-state index in [9.17, 15) is 5.11 Å². The van der Waals surface area contributed by atoms with E-state index >= 15 is 0 Å². The van der Waals surface area contributed by atoms with Crippen molar-refractivity contribution >= 4 is 23.4 Å². The number of aromatic hydroxyl groups is 1. The van der Waals surface area contributed by atoms with Crippen LogP contribution in [-0.4, -0.2) is 15.2 Å². The van der Waals surface area contributed by atoms with E-state index in [4.69, 9.17) is 16.1 Å². The lowest BCUT2D eigenvalue weighted by Gasteiger charge is -1.98. The maximum absolute atomic E-state index is 9.24. The summed E-state index contributed by atoms with van der Waals surface area (Å²) in [5.41, 5.74) is 0.729. The highest BCUT2D eigenvalue weighted by molar-refractivity contribution is 7.98. The fourth-order valence-corrected chi connectivity index (χ4v) is 2.71. The van der Waals surface area contributed by atoms with Crippen LogP contribution >= 0.6 is 23.4 Å². The van der Waals surface area contributed by atoms with Gasteiger partial charge in [0.05, 0.1) is 16.3 Å². The molecule has 0 aliphatic heterocycles. The van der Waals surface area contributed by atoms with Crippen LogP contribution in [0.4, 0.5) is 0 Å². The first-order valence-corrected chi connectivity index (χ1v) is 7.58. The zero-order valence-corrected chi connectivity index (χ0v) is 12.4. The van der Waals surface area contributed by atoms with Crippen LogP contribution < -0.4 is 0 Å². The van der Waals surface area contributed by atoms with Crippen LogP contribution in [0.2, 0.25) is 5.02 Å². The first-order valence-electron chi connectivity index (χ1n) is 6.22. The van der Waals surface area contributed by atoms with Crippen LogP contribution in [0.25, 0.3) is 11.5 Å². The molecule has 0 spiro atoms. The first kappa shape index (κ1) is 14.0. The van der Waals surface area contributed by atoms with Gasteiger partial charge in [-0.2, -0.15) is 4.98 Å². The van der Waals surface area contributed by atoms with Crippen molar-refractivity contribution in [3.05, 3.63) is 59.4 Å². The SMILES string of the molecule is Oc1ccc(SCc2noc(-c3ccccc3Cl)n2)cc1. The standard InChI is InChI=1S/C15H11ClN2O2S/c16-13-4-2-1-3-12(13)15-17-14(18-20-15)9-21-11-7-5-10(19)6-8-11/h1-8,19H,9H2. The Morgan fingerprint density at radius 1 is 1.10 bits per heavy atom. The third kappa shape index (κ3) is 3.37. The largest absolute Gasteiger partial charge is 0.508 e. The molecule has 3 aromatic rings. The minimum Gasteiger partial charge on any atom is -0.508 e. The Balaban J connectivity index is 1.71. The smallest absolute Gasteiger partial charge is 0.259 e. The van der Waals surface area contributed by atoms with Crippen LogP contribution in [-0.2, 0) is 5.75 Å². The Hall–Kier alpha value is -1.98. The lowest BCUT2D eigenvalue weighted by atomic mass is 10.2. The lowest BCUT2D eigenvalue weighted by molar-refractivity contribution is 0.425. The second-order valence-electron chi connectivity index (χ2n) is 4.28. The molecular weight excluding hydrogens is 308 g/mol. The second-order valence-corrected chi connectivity index (χ2v) is 5.73. The van der Waals surface area contributed by atoms with Gasteiger partial charge in [0.15, 0.2) is 5.82 Å². The summed E-state index contributed by atoms with van der Waals surface area (Å²) in [6.45, 7) is 0. The number of hydrogen-bond acceptors (Lipinski definition) is 5. The van der Waals surface area contributed by atoms with Gasteiger partial charge in [-0.05, 0) is 36.4 Å². The number of benzene rings is 2. The fourth-order valence-electron chi connectivity index (χ4n) is 1.75. The molecular formula is C15H11ClN2O2S. The van der Waals surface area contributed by atoms with Crippen molar-refractivity contribution < 1.29 is 9.63 Å². The van der Waals surface area contributed by atoms with Crippen LogP contribution in [0.15, 0.2) is 57.9 Å². The molecule has 0 fully saturated rings. The van der Waals surface area contributed by atoms with E-state index in [0.717, 1.165) is 10.5 Å². The van der Waals surface area contributed by atoms with Crippen molar-refractivity contribution in [3.63, 3.8) is 0 Å². The van der Waals surface area contributed by atoms with Gasteiger partial charge in [0.2, 0.25) is 0 Å². The topological polar surface area (TPSA) is 59.2 Å². The molecule has 2 aromatic carbocycles. The molecule has 4 nitrogen and oxygen atoms in total. The van der Waals surface area contributed by atoms with E-state index in [-0.39, 0.29) is 5.75 Å². The summed E-state index contributed by atoms with van der Waals surface area (Å²) in [5.74, 6) is 1.85. The highest BCUT2D eigenvalue weighted by atomic mass is 35.5. The molecule has 0 radical (unpaired) electrons. The van der Waals surface area contributed by atoms with Gasteiger partial charge >= 0.3 is 0 Å². The minimum absolute atomic E-state index is 0.250. The predicted molar refractivity (Wildman–Crippen MR) is 82.4 cm³/mol. The van der Waals surface area contributed by atoms with Crippen molar-refractivity contribution in [1.82, 2.24) is 10.1 Å². The van der Waals surface area contributed by atoms with E-state index in [1.165, 1.54) is 0 Å². The average molecular weight is 319 g/mol. The fraction of sp³-hybridized carbons (Fsp3) is 0.0667. The summed E-state index contributed by atoms with van der Waals surface area (Å²) >= 11 is 7.66. The van der Waals surface area contributed by atoms with Gasteiger partial charge in [0.25, 0.3) is 5.89 Å². The van der Waals surface area contributed by atoms with Crippen molar-refractivity contribution in [2.24, 2.45) is 0 Å². The number of rotatable bonds is 4. The molecule has 21 heavy (non-hydrogen) atoms. The van der Waals surface area contributed by atoms with Crippen LogP contribution in [0.5, 0.6) is 5.75 Å². The highest BCUT2D eigenvalue weighted by Gasteiger charge is 2.11. The zero-order valence-electron chi connectivity index (χ0n) is 10.9. The number of halogens is 1. The van der Waals surface area contributed by atoms with Gasteiger partial charge in [-0.3, -0.25) is 0 Å². The molecule has 1 heterocycles. The summed E-state index contributed by atoms with van der Waals surface area (Å²) in [4.78, 5) is 5.37. The number of nitrogens with zero attached hydrogens (tertiary/aromatic N) is 2. The number of phenolic OH excluding ortho intramolecular Hbond substituents is 1. The maximum Gasteiger partial charge on any atom is 0.259 e. The molecule has 1 aromatic heterocycles. The van der Waals surface area contributed by atoms with Gasteiger partial charge in [0, 0.05) is 4.90 Å². The monoisotopic (exact) mass is 318 g/mol. The molecule has 0 aliphatic rings. The lowest BCUT2D eigenvalue weighted by Crippen LogP contribution is -1.84. The van der Waals surface area contributed by atoms with E-state index in [2.05, 4.69) is 10.1 Å². The normalized spacial score (nSPS) is 10.7. The summed E-state index contributed by atoms with van der Waals surface area (Å²) in [7, 11) is 0. The Morgan fingerprint density at radius 2 is 1.86 bits per heavy atom. The first-order chi connectivity index (χ1) is 10.2. The molecule has 0 unspecified atom stereocenters. The van der Waals surface area contributed by atoms with Gasteiger partial charge in [-0.25, -0.2) is 0 Å². The van der Waals surface area contributed by atoms with E-state index in [0.29, 0.717) is 22.5 Å². The van der Waals surface area contributed by atoms with Crippen molar-refractivity contribution in [1.29, 1.82) is 0 Å². The van der Waals surface area contributed by atoms with E-state index < -0.39 is 0 Å². The Labute approximate surface area is 130 Å². The van der Waals surface area contributed by atoms with Gasteiger partial charge in [-0.15, -0.1) is 11.8 Å². The molecule has 0 saturated carbocycles. The highest BCUT2D eigenvalue weighted by Crippen LogP contribution is 2.28. The molecule has 0 amide bonds. The van der Waals surface area contributed by atoms with Crippen LogP contribution in [0.1, 0.15) is 5.82 Å². The number of aromatic nitrogens is 2. The molecule has 3 rings (SSSR count). The van der Waals surface area contributed by atoms with Crippen molar-refractivity contribution in [2.75, 3.05) is 0 Å². The minimum atomic E-state index is 0.250. The maximum atomic E-state index is 9.24. The number of thioether (sulfide) groups is 1. The van der Waals surface area contributed by atoms with Gasteiger partial charge in [-0.1, -0.05) is 28.9 Å². The third-order valence-electron chi connectivity index (χ3n) is 2.78. The number of phenols is 1. The zero-order chi connectivity index (χ0) is 14.7. The Bertz CT molecular complexity index is 743. The quantitative estimate of drug-likeness (QED) is 0.723. The summed E-state index contributed by atoms with van der Waals surface area (Å²) in [6, 6.07) is 14.3. The molecule has 0 aliphatic carbocycles. The van der Waals surface area contributed by atoms with Crippen LogP contribution in [0.3, 0.4) is 0 Å². The third-order valence-corrected chi connectivity index (χ3v) is 4.11. The summed E-state index contributed by atoms with van der Waals surface area (Å²) in [5, 5.41) is 13.8. The van der Waals surface area contributed by atoms with Gasteiger partial charge in [0.1, 0.15) is 5.75 Å². The Kier molecular flexibility index (Phi) is 4.13. The van der Waals surface area contributed by atoms with Crippen LogP contribution in [0, 0.1) is 0 Å². The second kappa shape index (κ2) is 6.20. The summed E-state index contributed by atoms with van der Waals surface area (Å²) < 4.78 is 5.24. The van der Waals surface area contributed by atoms with Gasteiger partial charge < -0.3 is 9.63 Å². The van der Waals surface area contributed by atoms with Crippen molar-refractivity contribution in [3.8, 4) is 17.2 Å². The summed E-state index contributed by atoms with van der Waals surface area (Å²) in [6.07, 6.45) is 0. The van der Waals surface area contributed by atoms with E-state index in [1.54, 1.807) is 30.0 Å². The van der Waals surface area contributed by atoms with E-state index in [1.807, 2.05) is 30.3 Å². The molecule has 0 bridgehead atoms. The predicted octanol–water partition coefficient (Wildman–Crippen LogP) is 4.39. The molecule has 0 saturated heterocycles. The molecule has 1 N–H and O–H groups in total. The molecule has 0 atom stereocenters. The molecule has 106 valence electrons. The Morgan fingerprint density at radius 3 is 2.62 bits per heavy atom. The molecule has 6 heteroatoms.